The Morgan fingerprint density at radius 1 is 1.48 bits per heavy atom. The number of hydrogen-bond acceptors (Lipinski definition) is 5. The molecule has 3 rings (SSSR count). The van der Waals surface area contributed by atoms with E-state index in [-0.39, 0.29) is 12.0 Å². The smallest absolute Gasteiger partial charge is 0.276 e. The quantitative estimate of drug-likeness (QED) is 0.868. The molecule has 1 aliphatic heterocycles. The molecule has 1 unspecified atom stereocenters. The van der Waals surface area contributed by atoms with Crippen LogP contribution in [0, 0.1) is 0 Å². The summed E-state index contributed by atoms with van der Waals surface area (Å²) in [6.45, 7) is 2.04. The van der Waals surface area contributed by atoms with E-state index >= 15 is 0 Å². The van der Waals surface area contributed by atoms with E-state index in [9.17, 15) is 4.79 Å². The third-order valence-electron chi connectivity index (χ3n) is 4.01. The Hall–Kier alpha value is -2.70. The van der Waals surface area contributed by atoms with Gasteiger partial charge in [0.25, 0.3) is 5.91 Å². The fourth-order valence-corrected chi connectivity index (χ4v) is 2.54. The number of nitrogens with zero attached hydrogens (tertiary/aromatic N) is 5. The Kier molecular flexibility index (Phi) is 4.10. The molecule has 120 valence electrons. The van der Waals surface area contributed by atoms with Crippen molar-refractivity contribution in [3.63, 3.8) is 0 Å². The lowest BCUT2D eigenvalue weighted by molar-refractivity contribution is 0.0767. The highest BCUT2D eigenvalue weighted by atomic mass is 16.6. The topological polar surface area (TPSA) is 72.6 Å². The number of imidazole rings is 1. The van der Waals surface area contributed by atoms with Crippen LogP contribution in [0.2, 0.25) is 0 Å². The van der Waals surface area contributed by atoms with Gasteiger partial charge in [-0.25, -0.2) is 4.98 Å². The average molecular weight is 313 g/mol. The average Bonchev–Trinajstić information content (AvgIpc) is 3.20. The van der Waals surface area contributed by atoms with E-state index in [1.54, 1.807) is 41.2 Å². The first-order chi connectivity index (χ1) is 11.1. The molecular formula is C16H19N5O2. The molecule has 7 heteroatoms. The third kappa shape index (κ3) is 2.81. The first-order valence-electron chi connectivity index (χ1n) is 7.53. The van der Waals surface area contributed by atoms with Crippen LogP contribution in [0.3, 0.4) is 0 Å². The highest BCUT2D eigenvalue weighted by Gasteiger charge is 2.28. The van der Waals surface area contributed by atoms with Crippen LogP contribution in [0.15, 0.2) is 35.9 Å². The van der Waals surface area contributed by atoms with Crippen molar-refractivity contribution in [1.82, 2.24) is 14.5 Å². The summed E-state index contributed by atoms with van der Waals surface area (Å²) >= 11 is 0. The summed E-state index contributed by atoms with van der Waals surface area (Å²) in [5, 5.41) is 4.05. The molecule has 0 radical (unpaired) electrons. The van der Waals surface area contributed by atoms with Gasteiger partial charge in [0.2, 0.25) is 0 Å². The van der Waals surface area contributed by atoms with Crippen LogP contribution >= 0.6 is 0 Å². The molecule has 7 nitrogen and oxygen atoms in total. The maximum Gasteiger partial charge on any atom is 0.276 e. The Morgan fingerprint density at radius 2 is 2.30 bits per heavy atom. The molecule has 0 aliphatic carbocycles. The van der Waals surface area contributed by atoms with Crippen molar-refractivity contribution < 1.29 is 9.63 Å². The van der Waals surface area contributed by atoms with Gasteiger partial charge in [-0.2, -0.15) is 0 Å². The van der Waals surface area contributed by atoms with Gasteiger partial charge in [0.1, 0.15) is 5.69 Å². The van der Waals surface area contributed by atoms with Gasteiger partial charge in [0.05, 0.1) is 23.8 Å². The molecule has 0 saturated heterocycles. The highest BCUT2D eigenvalue weighted by Crippen LogP contribution is 2.27. The van der Waals surface area contributed by atoms with Gasteiger partial charge in [-0.1, -0.05) is 12.1 Å². The van der Waals surface area contributed by atoms with Crippen molar-refractivity contribution in [2.45, 2.75) is 25.9 Å². The van der Waals surface area contributed by atoms with Gasteiger partial charge in [-0.05, 0) is 18.6 Å². The Bertz CT molecular complexity index is 738. The van der Waals surface area contributed by atoms with E-state index < -0.39 is 0 Å². The van der Waals surface area contributed by atoms with E-state index in [4.69, 9.17) is 4.84 Å². The van der Waals surface area contributed by atoms with E-state index in [0.717, 1.165) is 17.8 Å². The SMILES string of the molecule is CCC1=NOC(c2ncc(C(=O)N(C)c3cccnc3)n2C)C1. The molecule has 1 atom stereocenters. The van der Waals surface area contributed by atoms with Crippen LogP contribution in [-0.4, -0.2) is 33.2 Å². The number of carbonyl (C=O) groups is 1. The second-order valence-corrected chi connectivity index (χ2v) is 5.45. The molecular weight excluding hydrogens is 294 g/mol. The Morgan fingerprint density at radius 3 is 2.96 bits per heavy atom. The first kappa shape index (κ1) is 15.2. The second kappa shape index (κ2) is 6.20. The summed E-state index contributed by atoms with van der Waals surface area (Å²) in [5.74, 6) is 0.564. The maximum absolute atomic E-state index is 12.7. The van der Waals surface area contributed by atoms with Crippen molar-refractivity contribution in [3.05, 3.63) is 42.2 Å². The van der Waals surface area contributed by atoms with Gasteiger partial charge >= 0.3 is 0 Å². The van der Waals surface area contributed by atoms with Crippen molar-refractivity contribution in [3.8, 4) is 0 Å². The largest absolute Gasteiger partial charge is 0.384 e. The summed E-state index contributed by atoms with van der Waals surface area (Å²) in [7, 11) is 3.54. The summed E-state index contributed by atoms with van der Waals surface area (Å²) in [6.07, 6.45) is 6.26. The van der Waals surface area contributed by atoms with E-state index in [1.807, 2.05) is 20.0 Å². The molecule has 0 aromatic carbocycles. The van der Waals surface area contributed by atoms with Crippen LogP contribution in [0.25, 0.3) is 0 Å². The standard InChI is InChI=1S/C16H19N5O2/c1-4-11-8-14(23-19-11)15-18-10-13(21(15)3)16(22)20(2)12-6-5-7-17-9-12/h5-7,9-10,14H,4,8H2,1-3H3. The maximum atomic E-state index is 12.7. The van der Waals surface area contributed by atoms with Crippen LogP contribution in [0.4, 0.5) is 5.69 Å². The molecule has 3 heterocycles. The lowest BCUT2D eigenvalue weighted by Gasteiger charge is -2.17. The molecule has 2 aromatic heterocycles. The molecule has 23 heavy (non-hydrogen) atoms. The van der Waals surface area contributed by atoms with Crippen LogP contribution in [0.5, 0.6) is 0 Å². The molecule has 2 aromatic rings. The molecule has 0 fully saturated rings. The molecule has 0 bridgehead atoms. The van der Waals surface area contributed by atoms with Gasteiger partial charge in [-0.15, -0.1) is 0 Å². The normalized spacial score (nSPS) is 16.8. The molecule has 0 N–H and O–H groups in total. The highest BCUT2D eigenvalue weighted by molar-refractivity contribution is 6.04. The van der Waals surface area contributed by atoms with E-state index in [2.05, 4.69) is 15.1 Å². The van der Waals surface area contributed by atoms with Crippen molar-refractivity contribution in [2.24, 2.45) is 12.2 Å². The number of oxime groups is 1. The molecule has 1 aliphatic rings. The number of aromatic nitrogens is 3. The fraction of sp³-hybridized carbons (Fsp3) is 0.375. The van der Waals surface area contributed by atoms with Gasteiger partial charge in [0.15, 0.2) is 11.9 Å². The molecule has 0 saturated carbocycles. The van der Waals surface area contributed by atoms with Crippen LogP contribution in [0.1, 0.15) is 42.2 Å². The minimum Gasteiger partial charge on any atom is -0.384 e. The minimum absolute atomic E-state index is 0.145. The number of hydrogen-bond donors (Lipinski definition) is 0. The predicted octanol–water partition coefficient (Wildman–Crippen LogP) is 2.32. The number of pyridine rings is 1. The van der Waals surface area contributed by atoms with E-state index in [1.165, 1.54) is 0 Å². The van der Waals surface area contributed by atoms with Gasteiger partial charge in [-0.3, -0.25) is 9.78 Å². The second-order valence-electron chi connectivity index (χ2n) is 5.45. The van der Waals surface area contributed by atoms with E-state index in [0.29, 0.717) is 17.9 Å². The first-order valence-corrected chi connectivity index (χ1v) is 7.53. The number of anilines is 1. The lowest BCUT2D eigenvalue weighted by Crippen LogP contribution is -2.28. The zero-order valence-corrected chi connectivity index (χ0v) is 13.4. The Labute approximate surface area is 134 Å². The number of amides is 1. The zero-order valence-electron chi connectivity index (χ0n) is 13.4. The van der Waals surface area contributed by atoms with Gasteiger partial charge < -0.3 is 14.3 Å². The van der Waals surface area contributed by atoms with Crippen LogP contribution in [-0.2, 0) is 11.9 Å². The fourth-order valence-electron chi connectivity index (χ4n) is 2.54. The van der Waals surface area contributed by atoms with Crippen molar-refractivity contribution in [2.75, 3.05) is 11.9 Å². The summed E-state index contributed by atoms with van der Waals surface area (Å²) in [4.78, 5) is 28.1. The van der Waals surface area contributed by atoms with Crippen molar-refractivity contribution in [1.29, 1.82) is 0 Å². The predicted molar refractivity (Wildman–Crippen MR) is 86.3 cm³/mol. The Balaban J connectivity index is 1.81. The van der Waals surface area contributed by atoms with Crippen molar-refractivity contribution >= 4 is 17.3 Å². The summed E-state index contributed by atoms with van der Waals surface area (Å²) < 4.78 is 1.77. The van der Waals surface area contributed by atoms with Gasteiger partial charge in [0, 0.05) is 26.7 Å². The summed E-state index contributed by atoms with van der Waals surface area (Å²) in [6, 6.07) is 3.63. The number of carbonyl (C=O) groups excluding carboxylic acids is 1. The molecule has 0 spiro atoms. The monoisotopic (exact) mass is 313 g/mol. The number of rotatable bonds is 4. The lowest BCUT2D eigenvalue weighted by atomic mass is 10.1. The summed E-state index contributed by atoms with van der Waals surface area (Å²) in [5.41, 5.74) is 2.24. The third-order valence-corrected chi connectivity index (χ3v) is 4.01. The molecule has 1 amide bonds. The zero-order chi connectivity index (χ0) is 16.4. The minimum atomic E-state index is -0.222. The van der Waals surface area contributed by atoms with Crippen LogP contribution < -0.4 is 4.90 Å².